The Morgan fingerprint density at radius 1 is 1.03 bits per heavy atom. The van der Waals surface area contributed by atoms with Gasteiger partial charge >= 0.3 is 5.97 Å². The predicted octanol–water partition coefficient (Wildman–Crippen LogP) is 4.25. The van der Waals surface area contributed by atoms with Crippen molar-refractivity contribution < 1.29 is 14.3 Å². The molecule has 0 unspecified atom stereocenters. The zero-order valence-electron chi connectivity index (χ0n) is 18.7. The number of piperidine rings is 1. The highest BCUT2D eigenvalue weighted by Crippen LogP contribution is 2.38. The first kappa shape index (κ1) is 22.0. The first-order chi connectivity index (χ1) is 15.7. The fourth-order valence-corrected chi connectivity index (χ4v) is 4.41. The Kier molecular flexibility index (Phi) is 6.81. The Labute approximate surface area is 189 Å². The van der Waals surface area contributed by atoms with E-state index < -0.39 is 5.41 Å². The van der Waals surface area contributed by atoms with Crippen molar-refractivity contribution in [3.05, 3.63) is 78.1 Å². The minimum absolute atomic E-state index is 0.192. The molecule has 0 spiro atoms. The predicted molar refractivity (Wildman–Crippen MR) is 123 cm³/mol. The number of pyridine rings is 2. The zero-order chi connectivity index (χ0) is 22.4. The van der Waals surface area contributed by atoms with Crippen LogP contribution in [0.15, 0.2) is 67.0 Å². The van der Waals surface area contributed by atoms with Crippen LogP contribution in [0, 0.1) is 0 Å². The van der Waals surface area contributed by atoms with Crippen molar-refractivity contribution in [3.63, 3.8) is 0 Å². The van der Waals surface area contributed by atoms with Gasteiger partial charge in [0, 0.05) is 18.9 Å². The molecule has 2 aromatic heterocycles. The van der Waals surface area contributed by atoms with Crippen LogP contribution in [-0.2, 0) is 21.5 Å². The molecule has 3 heterocycles. The quantitative estimate of drug-likeness (QED) is 0.521. The molecule has 0 amide bonds. The fourth-order valence-electron chi connectivity index (χ4n) is 4.41. The van der Waals surface area contributed by atoms with E-state index in [9.17, 15) is 4.79 Å². The molecule has 1 saturated heterocycles. The Hall–Kier alpha value is -3.25. The van der Waals surface area contributed by atoms with Crippen molar-refractivity contribution in [2.24, 2.45) is 0 Å². The topological polar surface area (TPSA) is 64.6 Å². The third kappa shape index (κ3) is 4.50. The summed E-state index contributed by atoms with van der Waals surface area (Å²) >= 11 is 0. The summed E-state index contributed by atoms with van der Waals surface area (Å²) in [6, 6.07) is 18.2. The van der Waals surface area contributed by atoms with Crippen molar-refractivity contribution in [2.45, 2.75) is 31.7 Å². The number of ether oxygens (including phenoxy) is 2. The summed E-state index contributed by atoms with van der Waals surface area (Å²) in [5.41, 5.74) is 3.11. The number of methoxy groups -OCH3 is 1. The van der Waals surface area contributed by atoms with Crippen LogP contribution in [0.1, 0.15) is 30.9 Å². The number of carbonyl (C=O) groups is 1. The highest BCUT2D eigenvalue weighted by atomic mass is 16.5. The SMILES string of the molecule is CCOc1ncccc1-c1ccc(C2(C(=O)OC)CCN(Cc3ccccc3)CC2)cn1. The molecule has 4 rings (SSSR count). The van der Waals surface area contributed by atoms with E-state index in [4.69, 9.17) is 9.47 Å². The second-order valence-corrected chi connectivity index (χ2v) is 8.06. The van der Waals surface area contributed by atoms with Crippen molar-refractivity contribution in [1.29, 1.82) is 0 Å². The number of aromatic nitrogens is 2. The summed E-state index contributed by atoms with van der Waals surface area (Å²) < 4.78 is 10.9. The van der Waals surface area contributed by atoms with E-state index in [1.807, 2.05) is 43.5 Å². The van der Waals surface area contributed by atoms with Gasteiger partial charge in [-0.3, -0.25) is 14.7 Å². The van der Waals surface area contributed by atoms with Gasteiger partial charge in [-0.1, -0.05) is 36.4 Å². The van der Waals surface area contributed by atoms with Gasteiger partial charge < -0.3 is 9.47 Å². The molecule has 0 aliphatic carbocycles. The van der Waals surface area contributed by atoms with Crippen LogP contribution >= 0.6 is 0 Å². The van der Waals surface area contributed by atoms with Gasteiger partial charge in [0.2, 0.25) is 5.88 Å². The van der Waals surface area contributed by atoms with Crippen LogP contribution in [-0.4, -0.2) is 47.6 Å². The lowest BCUT2D eigenvalue weighted by Crippen LogP contribution is -2.47. The van der Waals surface area contributed by atoms with Gasteiger partial charge in [0.25, 0.3) is 0 Å². The highest BCUT2D eigenvalue weighted by molar-refractivity contribution is 5.83. The first-order valence-corrected chi connectivity index (χ1v) is 11.1. The number of esters is 1. The van der Waals surface area contributed by atoms with E-state index in [0.717, 1.165) is 36.5 Å². The largest absolute Gasteiger partial charge is 0.477 e. The number of nitrogens with zero attached hydrogens (tertiary/aromatic N) is 3. The Morgan fingerprint density at radius 2 is 1.81 bits per heavy atom. The molecule has 0 N–H and O–H groups in total. The first-order valence-electron chi connectivity index (χ1n) is 11.1. The number of rotatable bonds is 7. The molecule has 166 valence electrons. The number of hydrogen-bond donors (Lipinski definition) is 0. The molecule has 0 bridgehead atoms. The summed E-state index contributed by atoms with van der Waals surface area (Å²) in [7, 11) is 1.46. The highest BCUT2D eigenvalue weighted by Gasteiger charge is 2.44. The second kappa shape index (κ2) is 9.92. The average molecular weight is 432 g/mol. The molecule has 6 nitrogen and oxygen atoms in total. The third-order valence-corrected chi connectivity index (χ3v) is 6.18. The van der Waals surface area contributed by atoms with E-state index in [1.54, 1.807) is 6.20 Å². The van der Waals surface area contributed by atoms with Crippen molar-refractivity contribution >= 4 is 5.97 Å². The summed E-state index contributed by atoms with van der Waals surface area (Å²) in [6.07, 6.45) is 4.91. The summed E-state index contributed by atoms with van der Waals surface area (Å²) in [5, 5.41) is 0. The normalized spacial score (nSPS) is 15.8. The molecular formula is C26H29N3O3. The van der Waals surface area contributed by atoms with E-state index in [0.29, 0.717) is 25.3 Å². The van der Waals surface area contributed by atoms with Gasteiger partial charge in [0.05, 0.1) is 30.4 Å². The molecule has 1 aliphatic rings. The van der Waals surface area contributed by atoms with Crippen LogP contribution in [0.2, 0.25) is 0 Å². The maximum atomic E-state index is 12.9. The zero-order valence-corrected chi connectivity index (χ0v) is 18.7. The minimum Gasteiger partial charge on any atom is -0.477 e. The lowest BCUT2D eigenvalue weighted by molar-refractivity contribution is -0.149. The Balaban J connectivity index is 1.55. The van der Waals surface area contributed by atoms with Crippen LogP contribution in [0.25, 0.3) is 11.3 Å². The monoisotopic (exact) mass is 431 g/mol. The van der Waals surface area contributed by atoms with E-state index in [-0.39, 0.29) is 5.97 Å². The Bertz CT molecular complexity index is 1030. The molecule has 1 aromatic carbocycles. The molecule has 0 saturated carbocycles. The fraction of sp³-hybridized carbons (Fsp3) is 0.346. The van der Waals surface area contributed by atoms with E-state index in [1.165, 1.54) is 12.7 Å². The third-order valence-electron chi connectivity index (χ3n) is 6.18. The summed E-state index contributed by atoms with van der Waals surface area (Å²) in [5.74, 6) is 0.370. The number of hydrogen-bond acceptors (Lipinski definition) is 6. The number of benzene rings is 1. The lowest BCUT2D eigenvalue weighted by Gasteiger charge is -2.40. The molecule has 1 fully saturated rings. The summed E-state index contributed by atoms with van der Waals surface area (Å²) in [6.45, 7) is 4.99. The van der Waals surface area contributed by atoms with Crippen LogP contribution in [0.5, 0.6) is 5.88 Å². The maximum Gasteiger partial charge on any atom is 0.316 e. The number of carbonyl (C=O) groups excluding carboxylic acids is 1. The molecule has 32 heavy (non-hydrogen) atoms. The second-order valence-electron chi connectivity index (χ2n) is 8.06. The van der Waals surface area contributed by atoms with Crippen LogP contribution in [0.3, 0.4) is 0 Å². The lowest BCUT2D eigenvalue weighted by atomic mass is 9.73. The van der Waals surface area contributed by atoms with Crippen molar-refractivity contribution in [2.75, 3.05) is 26.8 Å². The molecule has 6 heteroatoms. The van der Waals surface area contributed by atoms with Gasteiger partial charge in [-0.15, -0.1) is 0 Å². The number of likely N-dealkylation sites (tertiary alicyclic amines) is 1. The standard InChI is InChI=1S/C26H29N3O3/c1-3-32-24-22(10-7-15-27-24)23-12-11-21(18-28-23)26(25(30)31-2)13-16-29(17-14-26)19-20-8-5-4-6-9-20/h4-12,15,18H,3,13-14,16-17,19H2,1-2H3. The van der Waals surface area contributed by atoms with E-state index in [2.05, 4.69) is 39.1 Å². The molecule has 3 aromatic rings. The van der Waals surface area contributed by atoms with Crippen LogP contribution < -0.4 is 4.74 Å². The molecule has 0 atom stereocenters. The molecular weight excluding hydrogens is 402 g/mol. The van der Waals surface area contributed by atoms with Crippen LogP contribution in [0.4, 0.5) is 0 Å². The van der Waals surface area contributed by atoms with Crippen molar-refractivity contribution in [3.8, 4) is 17.1 Å². The maximum absolute atomic E-state index is 12.9. The van der Waals surface area contributed by atoms with Gasteiger partial charge in [-0.05, 0) is 62.2 Å². The summed E-state index contributed by atoms with van der Waals surface area (Å²) in [4.78, 5) is 24.3. The average Bonchev–Trinajstić information content (AvgIpc) is 2.85. The van der Waals surface area contributed by atoms with Gasteiger partial charge in [0.15, 0.2) is 0 Å². The van der Waals surface area contributed by atoms with Gasteiger partial charge in [0.1, 0.15) is 0 Å². The smallest absolute Gasteiger partial charge is 0.316 e. The molecule has 0 radical (unpaired) electrons. The van der Waals surface area contributed by atoms with Gasteiger partial charge in [-0.25, -0.2) is 4.98 Å². The van der Waals surface area contributed by atoms with Crippen molar-refractivity contribution in [1.82, 2.24) is 14.9 Å². The van der Waals surface area contributed by atoms with E-state index >= 15 is 0 Å². The Morgan fingerprint density at radius 3 is 2.47 bits per heavy atom. The van der Waals surface area contributed by atoms with Gasteiger partial charge in [-0.2, -0.15) is 0 Å². The minimum atomic E-state index is -0.675. The molecule has 1 aliphatic heterocycles.